The van der Waals surface area contributed by atoms with E-state index in [1.54, 1.807) is 36.4 Å². The molecule has 0 aliphatic rings. The van der Waals surface area contributed by atoms with Crippen molar-refractivity contribution in [2.45, 2.75) is 27.3 Å². The highest BCUT2D eigenvalue weighted by Crippen LogP contribution is 2.26. The summed E-state index contributed by atoms with van der Waals surface area (Å²) >= 11 is 6.12. The number of rotatable bonds is 4. The SMILES string of the molecule is Cc1ccc(Cl)c(OC(=O)c2nn(CC(C)C)c(=O)c3ccccc23)c1. The van der Waals surface area contributed by atoms with E-state index in [4.69, 9.17) is 16.3 Å². The van der Waals surface area contributed by atoms with Gasteiger partial charge in [0.15, 0.2) is 5.69 Å². The van der Waals surface area contributed by atoms with Crippen LogP contribution in [0.3, 0.4) is 0 Å². The maximum absolute atomic E-state index is 12.8. The van der Waals surface area contributed by atoms with Gasteiger partial charge >= 0.3 is 5.97 Å². The smallest absolute Gasteiger partial charge is 0.364 e. The van der Waals surface area contributed by atoms with Crippen molar-refractivity contribution in [2.24, 2.45) is 5.92 Å². The summed E-state index contributed by atoms with van der Waals surface area (Å²) in [7, 11) is 0. The number of hydrogen-bond donors (Lipinski definition) is 0. The van der Waals surface area contributed by atoms with Crippen LogP contribution in [0.2, 0.25) is 5.02 Å². The molecule has 0 fully saturated rings. The Morgan fingerprint density at radius 1 is 1.19 bits per heavy atom. The molecular formula is C20H19ClN2O3. The minimum Gasteiger partial charge on any atom is -0.420 e. The van der Waals surface area contributed by atoms with Crippen molar-refractivity contribution in [2.75, 3.05) is 0 Å². The molecule has 0 spiro atoms. The summed E-state index contributed by atoms with van der Waals surface area (Å²) in [6, 6.07) is 12.1. The topological polar surface area (TPSA) is 61.2 Å². The molecular weight excluding hydrogens is 352 g/mol. The number of aromatic nitrogens is 2. The summed E-state index contributed by atoms with van der Waals surface area (Å²) in [5.41, 5.74) is 0.789. The second kappa shape index (κ2) is 7.30. The molecule has 6 heteroatoms. The molecule has 1 heterocycles. The van der Waals surface area contributed by atoms with Crippen molar-refractivity contribution >= 4 is 28.3 Å². The Morgan fingerprint density at radius 2 is 1.88 bits per heavy atom. The molecule has 0 saturated carbocycles. The fourth-order valence-corrected chi connectivity index (χ4v) is 2.85. The van der Waals surface area contributed by atoms with Crippen LogP contribution < -0.4 is 10.3 Å². The van der Waals surface area contributed by atoms with Gasteiger partial charge in [-0.2, -0.15) is 5.10 Å². The number of carbonyl (C=O) groups is 1. The molecule has 0 atom stereocenters. The van der Waals surface area contributed by atoms with Crippen LogP contribution in [0.15, 0.2) is 47.3 Å². The number of ether oxygens (including phenoxy) is 1. The highest BCUT2D eigenvalue weighted by atomic mass is 35.5. The minimum absolute atomic E-state index is 0.0958. The van der Waals surface area contributed by atoms with Gasteiger partial charge in [0.05, 0.1) is 10.4 Å². The molecule has 0 aliphatic heterocycles. The van der Waals surface area contributed by atoms with Gasteiger partial charge in [0.1, 0.15) is 5.75 Å². The van der Waals surface area contributed by atoms with E-state index in [9.17, 15) is 9.59 Å². The molecule has 0 bridgehead atoms. The standard InChI is InChI=1S/C20H19ClN2O3/c1-12(2)11-23-19(24)15-7-5-4-6-14(15)18(22-23)20(25)26-17-10-13(3)8-9-16(17)21/h4-10,12H,11H2,1-3H3. The van der Waals surface area contributed by atoms with Gasteiger partial charge < -0.3 is 4.74 Å². The Morgan fingerprint density at radius 3 is 2.58 bits per heavy atom. The fraction of sp³-hybridized carbons (Fsp3) is 0.250. The summed E-state index contributed by atoms with van der Waals surface area (Å²) in [6.45, 7) is 6.25. The summed E-state index contributed by atoms with van der Waals surface area (Å²) in [4.78, 5) is 25.4. The van der Waals surface area contributed by atoms with Gasteiger partial charge in [-0.25, -0.2) is 9.48 Å². The van der Waals surface area contributed by atoms with E-state index in [0.717, 1.165) is 5.56 Å². The molecule has 3 aromatic rings. The first-order valence-electron chi connectivity index (χ1n) is 8.35. The van der Waals surface area contributed by atoms with Crippen molar-refractivity contribution in [3.63, 3.8) is 0 Å². The quantitative estimate of drug-likeness (QED) is 0.509. The van der Waals surface area contributed by atoms with Gasteiger partial charge in [-0.3, -0.25) is 4.79 Å². The van der Waals surface area contributed by atoms with Crippen molar-refractivity contribution in [1.82, 2.24) is 9.78 Å². The van der Waals surface area contributed by atoms with Crippen LogP contribution in [-0.2, 0) is 6.54 Å². The lowest BCUT2D eigenvalue weighted by Gasteiger charge is -2.12. The lowest BCUT2D eigenvalue weighted by atomic mass is 10.1. The molecule has 0 radical (unpaired) electrons. The second-order valence-corrected chi connectivity index (χ2v) is 7.01. The molecule has 3 rings (SSSR count). The maximum Gasteiger partial charge on any atom is 0.364 e. The molecule has 5 nitrogen and oxygen atoms in total. The third-order valence-electron chi connectivity index (χ3n) is 3.89. The van der Waals surface area contributed by atoms with E-state index in [-0.39, 0.29) is 22.9 Å². The molecule has 0 N–H and O–H groups in total. The first kappa shape index (κ1) is 18.1. The maximum atomic E-state index is 12.8. The van der Waals surface area contributed by atoms with Crippen molar-refractivity contribution < 1.29 is 9.53 Å². The van der Waals surface area contributed by atoms with Gasteiger partial charge in [-0.05, 0) is 36.6 Å². The minimum atomic E-state index is -0.647. The van der Waals surface area contributed by atoms with Crippen molar-refractivity contribution in [1.29, 1.82) is 0 Å². The molecule has 0 aliphatic carbocycles. The zero-order valence-corrected chi connectivity index (χ0v) is 15.6. The van der Waals surface area contributed by atoms with Gasteiger partial charge in [-0.15, -0.1) is 0 Å². The molecule has 2 aromatic carbocycles. The molecule has 1 aromatic heterocycles. The van der Waals surface area contributed by atoms with Crippen molar-refractivity contribution in [3.8, 4) is 5.75 Å². The molecule has 0 saturated heterocycles. The van der Waals surface area contributed by atoms with Crippen LogP contribution in [0.25, 0.3) is 10.8 Å². The third-order valence-corrected chi connectivity index (χ3v) is 4.20. The monoisotopic (exact) mass is 370 g/mol. The van der Waals surface area contributed by atoms with Crippen LogP contribution in [0.5, 0.6) is 5.75 Å². The summed E-state index contributed by atoms with van der Waals surface area (Å²) in [5.74, 6) is -0.174. The lowest BCUT2D eigenvalue weighted by Crippen LogP contribution is -2.28. The van der Waals surface area contributed by atoms with E-state index in [2.05, 4.69) is 5.10 Å². The number of esters is 1. The Labute approximate surface area is 156 Å². The molecule has 0 amide bonds. The van der Waals surface area contributed by atoms with Crippen LogP contribution in [0.1, 0.15) is 29.9 Å². The highest BCUT2D eigenvalue weighted by molar-refractivity contribution is 6.32. The Balaban J connectivity index is 2.11. The largest absolute Gasteiger partial charge is 0.420 e. The first-order valence-corrected chi connectivity index (χ1v) is 8.73. The summed E-state index contributed by atoms with van der Waals surface area (Å²) in [6.07, 6.45) is 0. The number of nitrogens with zero attached hydrogens (tertiary/aromatic N) is 2. The number of fused-ring (bicyclic) bond motifs is 1. The lowest BCUT2D eigenvalue weighted by molar-refractivity contribution is 0.0728. The number of halogens is 1. The summed E-state index contributed by atoms with van der Waals surface area (Å²) < 4.78 is 6.79. The van der Waals surface area contributed by atoms with Crippen molar-refractivity contribution in [3.05, 3.63) is 69.1 Å². The van der Waals surface area contributed by atoms with Crippen LogP contribution >= 0.6 is 11.6 Å². The first-order chi connectivity index (χ1) is 12.4. The summed E-state index contributed by atoms with van der Waals surface area (Å²) in [5, 5.41) is 5.51. The molecule has 26 heavy (non-hydrogen) atoms. The number of benzene rings is 2. The van der Waals surface area contributed by atoms with Gasteiger partial charge in [0, 0.05) is 11.9 Å². The predicted octanol–water partition coefficient (Wildman–Crippen LogP) is 4.23. The molecule has 134 valence electrons. The number of hydrogen-bond acceptors (Lipinski definition) is 4. The van der Waals surface area contributed by atoms with Crippen LogP contribution in [-0.4, -0.2) is 15.7 Å². The van der Waals surface area contributed by atoms with Crippen LogP contribution in [0.4, 0.5) is 0 Å². The number of aryl methyl sites for hydroxylation is 1. The Bertz CT molecular complexity index is 1040. The van der Waals surface area contributed by atoms with Gasteiger partial charge in [-0.1, -0.05) is 49.7 Å². The Kier molecular flexibility index (Phi) is 5.09. The normalized spacial score (nSPS) is 11.1. The average Bonchev–Trinajstić information content (AvgIpc) is 2.60. The van der Waals surface area contributed by atoms with Gasteiger partial charge in [0.25, 0.3) is 5.56 Å². The number of carbonyl (C=O) groups excluding carboxylic acids is 1. The van der Waals surface area contributed by atoms with E-state index in [1.165, 1.54) is 4.68 Å². The zero-order chi connectivity index (χ0) is 18.8. The van der Waals surface area contributed by atoms with Crippen LogP contribution in [0, 0.1) is 12.8 Å². The predicted molar refractivity (Wildman–Crippen MR) is 102 cm³/mol. The molecule has 0 unspecified atom stereocenters. The van der Waals surface area contributed by atoms with E-state index in [0.29, 0.717) is 22.3 Å². The van der Waals surface area contributed by atoms with E-state index >= 15 is 0 Å². The Hall–Kier alpha value is -2.66. The zero-order valence-electron chi connectivity index (χ0n) is 14.8. The van der Waals surface area contributed by atoms with E-state index in [1.807, 2.05) is 26.8 Å². The fourth-order valence-electron chi connectivity index (χ4n) is 2.69. The van der Waals surface area contributed by atoms with Gasteiger partial charge in [0.2, 0.25) is 0 Å². The van der Waals surface area contributed by atoms with E-state index < -0.39 is 5.97 Å². The highest BCUT2D eigenvalue weighted by Gasteiger charge is 2.20. The third kappa shape index (κ3) is 3.63. The second-order valence-electron chi connectivity index (χ2n) is 6.60. The average molecular weight is 371 g/mol.